The zero-order valence-corrected chi connectivity index (χ0v) is 12.0. The molecule has 1 aromatic carbocycles. The molecule has 2 unspecified atom stereocenters. The number of rotatable bonds is 2. The molecule has 2 atom stereocenters. The summed E-state index contributed by atoms with van der Waals surface area (Å²) in [5.74, 6) is 0.669. The first-order valence-corrected chi connectivity index (χ1v) is 7.27. The molecule has 2 fully saturated rings. The molecular weight excluding hydrogens is 239 g/mol. The summed E-state index contributed by atoms with van der Waals surface area (Å²) < 4.78 is 14.2. The Morgan fingerprint density at radius 3 is 2.74 bits per heavy atom. The fourth-order valence-electron chi connectivity index (χ4n) is 3.22. The Labute approximate surface area is 115 Å². The summed E-state index contributed by atoms with van der Waals surface area (Å²) in [6, 6.07) is 5.91. The quantitative estimate of drug-likeness (QED) is 0.881. The molecule has 0 radical (unpaired) electrons. The van der Waals surface area contributed by atoms with E-state index >= 15 is 0 Å². The van der Waals surface area contributed by atoms with Crippen LogP contribution in [0.25, 0.3) is 0 Å². The van der Waals surface area contributed by atoms with Gasteiger partial charge in [0.05, 0.1) is 5.69 Å². The van der Waals surface area contributed by atoms with Crippen LogP contribution in [0.4, 0.5) is 10.1 Å². The minimum atomic E-state index is -0.0908. The topological polar surface area (TPSA) is 15.3 Å². The first-order chi connectivity index (χ1) is 8.99. The Hall–Kier alpha value is -1.09. The van der Waals surface area contributed by atoms with Gasteiger partial charge in [-0.15, -0.1) is 0 Å². The van der Waals surface area contributed by atoms with Gasteiger partial charge in [-0.25, -0.2) is 4.39 Å². The number of benzene rings is 1. The predicted octanol–water partition coefficient (Wildman–Crippen LogP) is 3.10. The molecule has 104 valence electrons. The molecule has 0 spiro atoms. The Bertz CT molecular complexity index is 484. The molecule has 3 rings (SSSR count). The predicted molar refractivity (Wildman–Crippen MR) is 77.1 cm³/mol. The Balaban J connectivity index is 1.88. The van der Waals surface area contributed by atoms with Gasteiger partial charge in [-0.3, -0.25) is 0 Å². The molecule has 1 N–H and O–H groups in total. The number of aryl methyl sites for hydroxylation is 1. The summed E-state index contributed by atoms with van der Waals surface area (Å²) >= 11 is 0. The van der Waals surface area contributed by atoms with Gasteiger partial charge in [-0.05, 0) is 57.2 Å². The van der Waals surface area contributed by atoms with Crippen molar-refractivity contribution in [2.45, 2.75) is 45.2 Å². The summed E-state index contributed by atoms with van der Waals surface area (Å²) in [6.45, 7) is 8.22. The van der Waals surface area contributed by atoms with Gasteiger partial charge < -0.3 is 10.2 Å². The molecule has 1 aliphatic carbocycles. The summed E-state index contributed by atoms with van der Waals surface area (Å²) in [7, 11) is 0. The largest absolute Gasteiger partial charge is 0.363 e. The van der Waals surface area contributed by atoms with Crippen molar-refractivity contribution < 1.29 is 4.39 Å². The van der Waals surface area contributed by atoms with Crippen LogP contribution in [0.15, 0.2) is 18.2 Å². The van der Waals surface area contributed by atoms with Gasteiger partial charge in [0.15, 0.2) is 0 Å². The molecule has 1 aromatic rings. The van der Waals surface area contributed by atoms with E-state index < -0.39 is 0 Å². The highest BCUT2D eigenvalue weighted by Gasteiger charge is 2.45. The van der Waals surface area contributed by atoms with Gasteiger partial charge in [-0.2, -0.15) is 0 Å². The molecule has 19 heavy (non-hydrogen) atoms. The minimum absolute atomic E-state index is 0.0908. The highest BCUT2D eigenvalue weighted by molar-refractivity contribution is 5.51. The van der Waals surface area contributed by atoms with E-state index in [1.807, 2.05) is 19.1 Å². The van der Waals surface area contributed by atoms with Crippen LogP contribution in [-0.2, 0) is 0 Å². The number of halogens is 1. The third-order valence-corrected chi connectivity index (χ3v) is 4.72. The second-order valence-electron chi connectivity index (χ2n) is 6.50. The smallest absolute Gasteiger partial charge is 0.146 e. The molecule has 0 amide bonds. The molecule has 1 aliphatic heterocycles. The van der Waals surface area contributed by atoms with Crippen molar-refractivity contribution in [3.63, 3.8) is 0 Å². The van der Waals surface area contributed by atoms with Gasteiger partial charge in [0.1, 0.15) is 5.82 Å². The lowest BCUT2D eigenvalue weighted by Crippen LogP contribution is -2.63. The maximum atomic E-state index is 14.2. The van der Waals surface area contributed by atoms with Gasteiger partial charge in [0.2, 0.25) is 0 Å². The molecule has 1 heterocycles. The van der Waals surface area contributed by atoms with Crippen LogP contribution in [0, 0.1) is 18.7 Å². The third kappa shape index (κ3) is 2.36. The number of nitrogens with zero attached hydrogens (tertiary/aromatic N) is 1. The molecule has 1 saturated heterocycles. The van der Waals surface area contributed by atoms with E-state index in [0.717, 1.165) is 30.3 Å². The van der Waals surface area contributed by atoms with E-state index in [2.05, 4.69) is 24.1 Å². The SMILES string of the molecule is Cc1ccc(N2CC(C)(C3CC3)NCC2C)c(F)c1. The van der Waals surface area contributed by atoms with Gasteiger partial charge in [0, 0.05) is 24.7 Å². The van der Waals surface area contributed by atoms with Crippen molar-refractivity contribution >= 4 is 5.69 Å². The monoisotopic (exact) mass is 262 g/mol. The number of nitrogens with one attached hydrogen (secondary N) is 1. The normalized spacial score (nSPS) is 31.6. The summed E-state index contributed by atoms with van der Waals surface area (Å²) in [4.78, 5) is 2.24. The van der Waals surface area contributed by atoms with Crippen LogP contribution in [0.5, 0.6) is 0 Å². The van der Waals surface area contributed by atoms with E-state index in [-0.39, 0.29) is 11.4 Å². The van der Waals surface area contributed by atoms with Gasteiger partial charge in [-0.1, -0.05) is 6.07 Å². The molecule has 3 heteroatoms. The van der Waals surface area contributed by atoms with Gasteiger partial charge >= 0.3 is 0 Å². The number of anilines is 1. The Morgan fingerprint density at radius 2 is 2.11 bits per heavy atom. The fraction of sp³-hybridized carbons (Fsp3) is 0.625. The second kappa shape index (κ2) is 4.48. The molecule has 1 saturated carbocycles. The maximum absolute atomic E-state index is 14.2. The van der Waals surface area contributed by atoms with Crippen LogP contribution < -0.4 is 10.2 Å². The highest BCUT2D eigenvalue weighted by Crippen LogP contribution is 2.42. The average molecular weight is 262 g/mol. The number of hydrogen-bond donors (Lipinski definition) is 1. The first-order valence-electron chi connectivity index (χ1n) is 7.27. The zero-order chi connectivity index (χ0) is 13.6. The molecular formula is C16H23FN2. The second-order valence-corrected chi connectivity index (χ2v) is 6.50. The summed E-state index contributed by atoms with van der Waals surface area (Å²) in [5.41, 5.74) is 1.88. The fourth-order valence-corrected chi connectivity index (χ4v) is 3.22. The van der Waals surface area contributed by atoms with E-state index in [4.69, 9.17) is 0 Å². The van der Waals surface area contributed by atoms with E-state index in [9.17, 15) is 4.39 Å². The lowest BCUT2D eigenvalue weighted by atomic mass is 9.90. The van der Waals surface area contributed by atoms with Crippen LogP contribution in [0.1, 0.15) is 32.3 Å². The first kappa shape index (κ1) is 12.9. The molecule has 2 nitrogen and oxygen atoms in total. The van der Waals surface area contributed by atoms with E-state index in [0.29, 0.717) is 6.04 Å². The Morgan fingerprint density at radius 1 is 1.37 bits per heavy atom. The summed E-state index contributed by atoms with van der Waals surface area (Å²) in [5, 5.41) is 3.67. The van der Waals surface area contributed by atoms with Crippen molar-refractivity contribution in [3.8, 4) is 0 Å². The average Bonchev–Trinajstić information content (AvgIpc) is 3.17. The van der Waals surface area contributed by atoms with Crippen molar-refractivity contribution in [1.82, 2.24) is 5.32 Å². The molecule has 0 aromatic heterocycles. The van der Waals surface area contributed by atoms with Gasteiger partial charge in [0.25, 0.3) is 0 Å². The lowest BCUT2D eigenvalue weighted by Gasteiger charge is -2.47. The van der Waals surface area contributed by atoms with Crippen LogP contribution in [-0.4, -0.2) is 24.7 Å². The van der Waals surface area contributed by atoms with Crippen molar-refractivity contribution in [3.05, 3.63) is 29.6 Å². The minimum Gasteiger partial charge on any atom is -0.363 e. The van der Waals surface area contributed by atoms with E-state index in [1.165, 1.54) is 12.8 Å². The number of piperazine rings is 1. The highest BCUT2D eigenvalue weighted by atomic mass is 19.1. The maximum Gasteiger partial charge on any atom is 0.146 e. The molecule has 2 aliphatic rings. The summed E-state index contributed by atoms with van der Waals surface area (Å²) in [6.07, 6.45) is 2.62. The standard InChI is InChI=1S/C16H23FN2/c1-11-4-7-15(14(17)8-11)19-10-16(3,13-5-6-13)18-9-12(19)2/h4,7-8,12-13,18H,5-6,9-10H2,1-3H3. The Kier molecular flexibility index (Phi) is 3.05. The third-order valence-electron chi connectivity index (χ3n) is 4.72. The lowest BCUT2D eigenvalue weighted by molar-refractivity contribution is 0.259. The van der Waals surface area contributed by atoms with E-state index in [1.54, 1.807) is 6.07 Å². The van der Waals surface area contributed by atoms with Crippen molar-refractivity contribution in [2.75, 3.05) is 18.0 Å². The van der Waals surface area contributed by atoms with Crippen molar-refractivity contribution in [2.24, 2.45) is 5.92 Å². The van der Waals surface area contributed by atoms with Crippen LogP contribution in [0.3, 0.4) is 0 Å². The van der Waals surface area contributed by atoms with Crippen molar-refractivity contribution in [1.29, 1.82) is 0 Å². The van der Waals surface area contributed by atoms with Crippen LogP contribution >= 0.6 is 0 Å². The zero-order valence-electron chi connectivity index (χ0n) is 12.0. The number of hydrogen-bond acceptors (Lipinski definition) is 2. The molecule has 0 bridgehead atoms. The van der Waals surface area contributed by atoms with Crippen LogP contribution in [0.2, 0.25) is 0 Å².